The average Bonchev–Trinajstić information content (AvgIpc) is 3.25. The molecule has 45 heavy (non-hydrogen) atoms. The molecule has 1 aliphatic rings. The lowest BCUT2D eigenvalue weighted by Crippen LogP contribution is -2.43. The fraction of sp³-hybridized carbons (Fsp3) is 0.528. The van der Waals surface area contributed by atoms with Gasteiger partial charge in [0.2, 0.25) is 0 Å². The third kappa shape index (κ3) is 9.57. The zero-order valence-electron chi connectivity index (χ0n) is 28.0. The Morgan fingerprint density at radius 2 is 1.56 bits per heavy atom. The van der Waals surface area contributed by atoms with Crippen molar-refractivity contribution in [2.45, 2.75) is 78.7 Å². The van der Waals surface area contributed by atoms with Crippen LogP contribution < -0.4 is 11.2 Å². The number of hydrogen-bond donors (Lipinski definition) is 2. The fourth-order valence-electron chi connectivity index (χ4n) is 6.32. The zero-order valence-corrected chi connectivity index (χ0v) is 28.0. The molecule has 3 rings (SSSR count). The maximum atomic E-state index is 13.2. The summed E-state index contributed by atoms with van der Waals surface area (Å²) < 4.78 is 16.4. The molecular weight excluding hydrogens is 570 g/mol. The predicted octanol–water partition coefficient (Wildman–Crippen LogP) is 6.99. The Morgan fingerprint density at radius 1 is 0.978 bits per heavy atom. The second-order valence-electron chi connectivity index (χ2n) is 14.1. The largest absolute Gasteiger partial charge is 0.458 e. The first-order valence-electron chi connectivity index (χ1n) is 15.7. The molecule has 2 amide bonds. The van der Waals surface area contributed by atoms with Crippen LogP contribution in [-0.4, -0.2) is 55.1 Å². The SMILES string of the molecule is C=CC(=O)OCC(C)(C)OC(=O)NCC(C)CC(C)(C)CCN(N)C(=O)OCC1(CC(C)C)c2ccccc2-c2ccccc21. The Labute approximate surface area is 268 Å². The van der Waals surface area contributed by atoms with Crippen LogP contribution in [0.25, 0.3) is 11.1 Å². The van der Waals surface area contributed by atoms with Crippen LogP contribution in [0.15, 0.2) is 61.2 Å². The summed E-state index contributed by atoms with van der Waals surface area (Å²) in [5.74, 6) is 6.16. The smallest absolute Gasteiger partial charge is 0.424 e. The van der Waals surface area contributed by atoms with E-state index in [-0.39, 0.29) is 24.5 Å². The number of benzene rings is 2. The van der Waals surface area contributed by atoms with Crippen molar-refractivity contribution in [1.82, 2.24) is 10.3 Å². The summed E-state index contributed by atoms with van der Waals surface area (Å²) in [6.45, 7) is 18.2. The molecule has 0 saturated heterocycles. The van der Waals surface area contributed by atoms with E-state index >= 15 is 0 Å². The number of nitrogens with zero attached hydrogens (tertiary/aromatic N) is 1. The number of carbonyl (C=O) groups excluding carboxylic acids is 3. The quantitative estimate of drug-likeness (QED) is 0.0549. The summed E-state index contributed by atoms with van der Waals surface area (Å²) in [4.78, 5) is 36.8. The molecule has 1 aliphatic carbocycles. The summed E-state index contributed by atoms with van der Waals surface area (Å²) in [6, 6.07) is 16.8. The van der Waals surface area contributed by atoms with Crippen molar-refractivity contribution in [2.75, 3.05) is 26.3 Å². The van der Waals surface area contributed by atoms with Gasteiger partial charge in [-0.2, -0.15) is 0 Å². The van der Waals surface area contributed by atoms with E-state index in [0.29, 0.717) is 25.4 Å². The molecular formula is C36H51N3O6. The van der Waals surface area contributed by atoms with Gasteiger partial charge in [-0.1, -0.05) is 89.7 Å². The summed E-state index contributed by atoms with van der Waals surface area (Å²) in [6.07, 6.45) is 2.20. The molecule has 0 radical (unpaired) electrons. The van der Waals surface area contributed by atoms with E-state index in [1.54, 1.807) is 13.8 Å². The Kier molecular flexibility index (Phi) is 11.8. The average molecular weight is 622 g/mol. The van der Waals surface area contributed by atoms with Gasteiger partial charge in [0.25, 0.3) is 0 Å². The molecule has 0 bridgehead atoms. The third-order valence-electron chi connectivity index (χ3n) is 8.23. The topological polar surface area (TPSA) is 120 Å². The maximum absolute atomic E-state index is 13.2. The van der Waals surface area contributed by atoms with E-state index in [0.717, 1.165) is 18.9 Å². The number of fused-ring (bicyclic) bond motifs is 3. The van der Waals surface area contributed by atoms with Crippen LogP contribution >= 0.6 is 0 Å². The van der Waals surface area contributed by atoms with E-state index in [4.69, 9.17) is 20.1 Å². The second-order valence-corrected chi connectivity index (χ2v) is 14.1. The van der Waals surface area contributed by atoms with Gasteiger partial charge in [-0.3, -0.25) is 0 Å². The minimum Gasteiger partial charge on any atom is -0.458 e. The van der Waals surface area contributed by atoms with Crippen molar-refractivity contribution in [3.8, 4) is 11.1 Å². The highest BCUT2D eigenvalue weighted by Crippen LogP contribution is 2.52. The molecule has 0 saturated carbocycles. The van der Waals surface area contributed by atoms with Gasteiger partial charge in [-0.25, -0.2) is 25.2 Å². The van der Waals surface area contributed by atoms with Crippen LogP contribution in [0.4, 0.5) is 9.59 Å². The molecule has 246 valence electrons. The van der Waals surface area contributed by atoms with Crippen LogP contribution in [0.3, 0.4) is 0 Å². The number of hydrazine groups is 1. The number of alkyl carbamates (subject to hydrolysis) is 1. The Hall–Kier alpha value is -3.85. The van der Waals surface area contributed by atoms with Gasteiger partial charge < -0.3 is 19.5 Å². The van der Waals surface area contributed by atoms with Gasteiger partial charge in [0, 0.05) is 19.2 Å². The molecule has 0 aromatic heterocycles. The molecule has 0 heterocycles. The molecule has 1 unspecified atom stereocenters. The summed E-state index contributed by atoms with van der Waals surface area (Å²) in [5.41, 5.74) is 3.15. The first-order chi connectivity index (χ1) is 21.1. The zero-order chi connectivity index (χ0) is 33.4. The van der Waals surface area contributed by atoms with E-state index < -0.39 is 29.2 Å². The summed E-state index contributed by atoms with van der Waals surface area (Å²) >= 11 is 0. The van der Waals surface area contributed by atoms with Gasteiger partial charge in [-0.15, -0.1) is 0 Å². The number of carbonyl (C=O) groups is 3. The predicted molar refractivity (Wildman–Crippen MR) is 176 cm³/mol. The van der Waals surface area contributed by atoms with Crippen molar-refractivity contribution in [1.29, 1.82) is 0 Å². The Bertz CT molecular complexity index is 1310. The van der Waals surface area contributed by atoms with E-state index in [9.17, 15) is 14.4 Å². The first kappa shape index (κ1) is 35.6. The molecule has 9 nitrogen and oxygen atoms in total. The molecule has 1 atom stereocenters. The van der Waals surface area contributed by atoms with Crippen molar-refractivity contribution in [3.05, 3.63) is 72.3 Å². The van der Waals surface area contributed by atoms with Crippen LogP contribution in [0, 0.1) is 17.3 Å². The highest BCUT2D eigenvalue weighted by atomic mass is 16.6. The van der Waals surface area contributed by atoms with Crippen molar-refractivity contribution >= 4 is 18.2 Å². The molecule has 9 heteroatoms. The minimum absolute atomic E-state index is 0.0782. The lowest BCUT2D eigenvalue weighted by Gasteiger charge is -2.34. The van der Waals surface area contributed by atoms with Gasteiger partial charge in [0.1, 0.15) is 18.8 Å². The monoisotopic (exact) mass is 621 g/mol. The lowest BCUT2D eigenvalue weighted by atomic mass is 9.73. The number of esters is 1. The standard InChI is InChI=1S/C36H51N3O6/c1-9-31(40)43-23-35(7,8)45-32(41)38-22-26(4)21-34(5,6)18-19-39(37)33(42)44-24-36(20-25(2)3)29-16-12-10-14-27(29)28-15-11-13-17-30(28)36/h9-17,25-26H,1,18-24,37H2,2-8H3,(H,38,41). The third-order valence-corrected chi connectivity index (χ3v) is 8.23. The van der Waals surface area contributed by atoms with Crippen LogP contribution in [0.1, 0.15) is 78.9 Å². The lowest BCUT2D eigenvalue weighted by molar-refractivity contribution is -0.144. The van der Waals surface area contributed by atoms with Crippen molar-refractivity contribution in [3.63, 3.8) is 0 Å². The Morgan fingerprint density at radius 3 is 2.11 bits per heavy atom. The van der Waals surface area contributed by atoms with Gasteiger partial charge in [0.15, 0.2) is 0 Å². The van der Waals surface area contributed by atoms with E-state index in [1.165, 1.54) is 27.3 Å². The normalized spacial score (nSPS) is 14.2. The highest BCUT2D eigenvalue weighted by Gasteiger charge is 2.44. The number of ether oxygens (including phenoxy) is 3. The Balaban J connectivity index is 1.52. The number of amides is 2. The summed E-state index contributed by atoms with van der Waals surface area (Å²) in [5, 5.41) is 3.96. The van der Waals surface area contributed by atoms with Gasteiger partial charge in [-0.05, 0) is 72.6 Å². The highest BCUT2D eigenvalue weighted by molar-refractivity contribution is 5.82. The molecule has 0 aliphatic heterocycles. The number of rotatable bonds is 15. The number of hydrogen-bond acceptors (Lipinski definition) is 7. The van der Waals surface area contributed by atoms with E-state index in [2.05, 4.69) is 63.9 Å². The number of nitrogens with one attached hydrogen (secondary N) is 1. The van der Waals surface area contributed by atoms with Crippen LogP contribution in [0.2, 0.25) is 0 Å². The van der Waals surface area contributed by atoms with Crippen molar-refractivity contribution in [2.24, 2.45) is 23.1 Å². The van der Waals surface area contributed by atoms with Crippen LogP contribution in [-0.2, 0) is 24.4 Å². The molecule has 3 N–H and O–H groups in total. The van der Waals surface area contributed by atoms with Gasteiger partial charge >= 0.3 is 18.2 Å². The number of nitrogens with two attached hydrogens (primary N) is 1. The molecule has 0 spiro atoms. The van der Waals surface area contributed by atoms with Crippen molar-refractivity contribution < 1.29 is 28.6 Å². The molecule has 2 aromatic carbocycles. The fourth-order valence-corrected chi connectivity index (χ4v) is 6.32. The van der Waals surface area contributed by atoms with E-state index in [1.807, 2.05) is 31.2 Å². The minimum atomic E-state index is -0.983. The molecule has 0 fully saturated rings. The first-order valence-corrected chi connectivity index (χ1v) is 15.7. The summed E-state index contributed by atoms with van der Waals surface area (Å²) in [7, 11) is 0. The van der Waals surface area contributed by atoms with Crippen LogP contribution in [0.5, 0.6) is 0 Å². The van der Waals surface area contributed by atoms with Gasteiger partial charge in [0.05, 0.1) is 5.41 Å². The second kappa shape index (κ2) is 15.0. The maximum Gasteiger partial charge on any atom is 0.424 e. The molecule has 2 aromatic rings.